The van der Waals surface area contributed by atoms with E-state index in [1.165, 1.54) is 6.20 Å². The zero-order chi connectivity index (χ0) is 17.5. The molecule has 0 bridgehead atoms. The average Bonchev–Trinajstić information content (AvgIpc) is 3.05. The second-order valence-corrected chi connectivity index (χ2v) is 5.78. The van der Waals surface area contributed by atoms with Crippen molar-refractivity contribution >= 4 is 17.7 Å². The van der Waals surface area contributed by atoms with Crippen LogP contribution in [0.25, 0.3) is 0 Å². The quantitative estimate of drug-likeness (QED) is 0.557. The van der Waals surface area contributed by atoms with Crippen molar-refractivity contribution in [1.82, 2.24) is 4.98 Å². The summed E-state index contributed by atoms with van der Waals surface area (Å²) in [5.41, 5.74) is 0. The predicted octanol–water partition coefficient (Wildman–Crippen LogP) is 2.65. The zero-order valence-corrected chi connectivity index (χ0v) is 14.1. The molecule has 0 aliphatic heterocycles. The maximum atomic E-state index is 12.1. The van der Waals surface area contributed by atoms with Gasteiger partial charge in [0.25, 0.3) is 0 Å². The third-order valence-corrected chi connectivity index (χ3v) is 4.16. The molecule has 0 unspecified atom stereocenters. The average molecular weight is 337 g/mol. The standard InChI is InChI=1S/C17H23NO6/c1-3-22-15(20)9-13(19)11-5-7-12(8-6-11)16-18-10-14(24-16)17(21)23-4-2/h10-12H,3-9H2,1-2H3. The van der Waals surface area contributed by atoms with Gasteiger partial charge in [0.2, 0.25) is 5.76 Å². The smallest absolute Gasteiger partial charge is 0.375 e. The van der Waals surface area contributed by atoms with E-state index in [1.807, 2.05) is 0 Å². The Morgan fingerprint density at radius 2 is 1.79 bits per heavy atom. The number of hydrogen-bond donors (Lipinski definition) is 0. The maximum Gasteiger partial charge on any atom is 0.375 e. The van der Waals surface area contributed by atoms with Crippen molar-refractivity contribution in [3.05, 3.63) is 17.8 Å². The monoisotopic (exact) mass is 337 g/mol. The van der Waals surface area contributed by atoms with E-state index in [1.54, 1.807) is 13.8 Å². The van der Waals surface area contributed by atoms with E-state index in [9.17, 15) is 14.4 Å². The van der Waals surface area contributed by atoms with Crippen LogP contribution in [0.3, 0.4) is 0 Å². The Kier molecular flexibility index (Phi) is 6.52. The summed E-state index contributed by atoms with van der Waals surface area (Å²) < 4.78 is 15.2. The lowest BCUT2D eigenvalue weighted by Crippen LogP contribution is -2.24. The van der Waals surface area contributed by atoms with Crippen molar-refractivity contribution in [2.45, 2.75) is 51.9 Å². The van der Waals surface area contributed by atoms with E-state index in [0.29, 0.717) is 18.7 Å². The van der Waals surface area contributed by atoms with Crippen LogP contribution in [-0.2, 0) is 19.1 Å². The molecule has 0 saturated heterocycles. The van der Waals surface area contributed by atoms with Gasteiger partial charge in [-0.3, -0.25) is 9.59 Å². The van der Waals surface area contributed by atoms with Gasteiger partial charge in [0, 0.05) is 11.8 Å². The van der Waals surface area contributed by atoms with Crippen LogP contribution in [-0.4, -0.2) is 35.9 Å². The Balaban J connectivity index is 1.85. The third kappa shape index (κ3) is 4.66. The minimum atomic E-state index is -0.519. The fourth-order valence-corrected chi connectivity index (χ4v) is 2.93. The van der Waals surface area contributed by atoms with Gasteiger partial charge in [0.15, 0.2) is 5.89 Å². The van der Waals surface area contributed by atoms with Crippen LogP contribution >= 0.6 is 0 Å². The molecular weight excluding hydrogens is 314 g/mol. The number of hydrogen-bond acceptors (Lipinski definition) is 7. The van der Waals surface area contributed by atoms with Gasteiger partial charge in [-0.05, 0) is 39.5 Å². The molecule has 0 atom stereocenters. The fraction of sp³-hybridized carbons (Fsp3) is 0.647. The SMILES string of the molecule is CCOC(=O)CC(=O)C1CCC(c2ncc(C(=O)OCC)o2)CC1. The molecule has 7 heteroatoms. The highest BCUT2D eigenvalue weighted by Crippen LogP contribution is 2.36. The topological polar surface area (TPSA) is 95.7 Å². The van der Waals surface area contributed by atoms with E-state index in [0.717, 1.165) is 12.8 Å². The number of rotatable bonds is 7. The molecule has 1 aromatic rings. The van der Waals surface area contributed by atoms with E-state index >= 15 is 0 Å². The Bertz CT molecular complexity index is 586. The van der Waals surface area contributed by atoms with Crippen molar-refractivity contribution < 1.29 is 28.3 Å². The van der Waals surface area contributed by atoms with Crippen LogP contribution in [0.1, 0.15) is 68.3 Å². The van der Waals surface area contributed by atoms with E-state index < -0.39 is 11.9 Å². The summed E-state index contributed by atoms with van der Waals surface area (Å²) in [5.74, 6) is -0.468. The Hall–Kier alpha value is -2.18. The van der Waals surface area contributed by atoms with Gasteiger partial charge in [-0.25, -0.2) is 9.78 Å². The molecule has 1 aliphatic rings. The van der Waals surface area contributed by atoms with E-state index in [2.05, 4.69) is 4.98 Å². The molecule has 2 rings (SSSR count). The number of oxazole rings is 1. The van der Waals surface area contributed by atoms with Crippen molar-refractivity contribution in [3.63, 3.8) is 0 Å². The summed E-state index contributed by atoms with van der Waals surface area (Å²) in [5, 5.41) is 0. The van der Waals surface area contributed by atoms with Crippen molar-refractivity contribution in [3.8, 4) is 0 Å². The minimum absolute atomic E-state index is 0.0634. The second kappa shape index (κ2) is 8.61. The maximum absolute atomic E-state index is 12.1. The molecule has 0 N–H and O–H groups in total. The summed E-state index contributed by atoms with van der Waals surface area (Å²) >= 11 is 0. The number of carbonyl (C=O) groups is 3. The third-order valence-electron chi connectivity index (χ3n) is 4.16. The van der Waals surface area contributed by atoms with Crippen LogP contribution in [0.15, 0.2) is 10.6 Å². The minimum Gasteiger partial charge on any atom is -0.466 e. The first-order valence-electron chi connectivity index (χ1n) is 8.36. The molecule has 0 spiro atoms. The van der Waals surface area contributed by atoms with Gasteiger partial charge in [0.1, 0.15) is 12.2 Å². The Morgan fingerprint density at radius 3 is 2.42 bits per heavy atom. The Labute approximate surface area is 140 Å². The van der Waals surface area contributed by atoms with Crippen molar-refractivity contribution in [2.24, 2.45) is 5.92 Å². The Morgan fingerprint density at radius 1 is 1.12 bits per heavy atom. The van der Waals surface area contributed by atoms with E-state index in [-0.39, 0.29) is 43.0 Å². The molecule has 24 heavy (non-hydrogen) atoms. The summed E-state index contributed by atoms with van der Waals surface area (Å²) in [7, 11) is 0. The van der Waals surface area contributed by atoms with Crippen LogP contribution in [0.5, 0.6) is 0 Å². The molecule has 0 amide bonds. The van der Waals surface area contributed by atoms with E-state index in [4.69, 9.17) is 13.9 Å². The van der Waals surface area contributed by atoms with Gasteiger partial charge >= 0.3 is 11.9 Å². The van der Waals surface area contributed by atoms with Gasteiger partial charge in [-0.15, -0.1) is 0 Å². The fourth-order valence-electron chi connectivity index (χ4n) is 2.93. The molecule has 1 aliphatic carbocycles. The highest BCUT2D eigenvalue weighted by Gasteiger charge is 2.30. The van der Waals surface area contributed by atoms with Gasteiger partial charge in [-0.1, -0.05) is 0 Å². The molecular formula is C17H23NO6. The lowest BCUT2D eigenvalue weighted by molar-refractivity contribution is -0.146. The molecule has 1 aromatic heterocycles. The van der Waals surface area contributed by atoms with Crippen LogP contribution < -0.4 is 0 Å². The number of ketones is 1. The molecule has 0 radical (unpaired) electrons. The lowest BCUT2D eigenvalue weighted by atomic mass is 9.79. The van der Waals surface area contributed by atoms with Crippen LogP contribution in [0, 0.1) is 5.92 Å². The first-order valence-corrected chi connectivity index (χ1v) is 8.36. The highest BCUT2D eigenvalue weighted by molar-refractivity contribution is 5.96. The molecule has 1 fully saturated rings. The molecule has 1 saturated carbocycles. The van der Waals surface area contributed by atoms with Gasteiger partial charge in [0.05, 0.1) is 19.4 Å². The number of aromatic nitrogens is 1. The number of carbonyl (C=O) groups excluding carboxylic acids is 3. The number of Topliss-reactive ketones (excluding diaryl/α,β-unsaturated/α-hetero) is 1. The number of esters is 2. The lowest BCUT2D eigenvalue weighted by Gasteiger charge is -2.25. The normalized spacial score (nSPS) is 20.4. The number of ether oxygens (including phenoxy) is 2. The van der Waals surface area contributed by atoms with Gasteiger partial charge < -0.3 is 13.9 Å². The predicted molar refractivity (Wildman–Crippen MR) is 83.4 cm³/mol. The summed E-state index contributed by atoms with van der Waals surface area (Å²) in [6.45, 7) is 4.01. The van der Waals surface area contributed by atoms with Gasteiger partial charge in [-0.2, -0.15) is 0 Å². The number of nitrogens with zero attached hydrogens (tertiary/aromatic N) is 1. The first-order chi connectivity index (χ1) is 11.5. The largest absolute Gasteiger partial charge is 0.466 e. The van der Waals surface area contributed by atoms with Crippen molar-refractivity contribution in [1.29, 1.82) is 0 Å². The molecule has 132 valence electrons. The second-order valence-electron chi connectivity index (χ2n) is 5.78. The molecule has 0 aromatic carbocycles. The van der Waals surface area contributed by atoms with Crippen LogP contribution in [0.4, 0.5) is 0 Å². The van der Waals surface area contributed by atoms with Crippen molar-refractivity contribution in [2.75, 3.05) is 13.2 Å². The highest BCUT2D eigenvalue weighted by atomic mass is 16.5. The van der Waals surface area contributed by atoms with Crippen LogP contribution in [0.2, 0.25) is 0 Å². The summed E-state index contributed by atoms with van der Waals surface area (Å²) in [4.78, 5) is 39.2. The summed E-state index contributed by atoms with van der Waals surface area (Å²) in [6.07, 6.45) is 4.06. The first kappa shape index (κ1) is 18.2. The zero-order valence-electron chi connectivity index (χ0n) is 14.1. The molecule has 7 nitrogen and oxygen atoms in total. The summed E-state index contributed by atoms with van der Waals surface area (Å²) in [6, 6.07) is 0. The molecule has 1 heterocycles.